The van der Waals surface area contributed by atoms with Crippen LogP contribution in [-0.2, 0) is 21.4 Å². The lowest BCUT2D eigenvalue weighted by Crippen LogP contribution is -2.39. The van der Waals surface area contributed by atoms with E-state index in [0.29, 0.717) is 16.3 Å². The summed E-state index contributed by atoms with van der Waals surface area (Å²) < 4.78 is 39.7. The summed E-state index contributed by atoms with van der Waals surface area (Å²) in [5, 5.41) is 16.0. The Morgan fingerprint density at radius 1 is 0.947 bits per heavy atom. The highest BCUT2D eigenvalue weighted by Gasteiger charge is 2.42. The summed E-state index contributed by atoms with van der Waals surface area (Å²) in [6, 6.07) is 22.2. The second kappa shape index (κ2) is 9.92. The molecule has 1 amide bonds. The molecule has 0 saturated carbocycles. The van der Waals surface area contributed by atoms with Crippen LogP contribution in [0.5, 0.6) is 11.5 Å². The first-order valence-electron chi connectivity index (χ1n) is 11.5. The number of halogens is 1. The normalized spacial score (nSPS) is 14.2. The molecule has 0 aromatic heterocycles. The second-order valence-corrected chi connectivity index (χ2v) is 10.8. The summed E-state index contributed by atoms with van der Waals surface area (Å²) in [5.74, 6) is -1.14. The Hall–Kier alpha value is -4.21. The quantitative estimate of drug-likeness (QED) is 0.318. The van der Waals surface area contributed by atoms with E-state index >= 15 is 0 Å². The number of nitrogens with zero attached hydrogens (tertiary/aromatic N) is 1. The van der Waals surface area contributed by atoms with E-state index in [9.17, 15) is 18.3 Å². The number of aliphatic hydroxyl groups excluding tert-OH is 1. The monoisotopic (exact) mass is 550 g/mol. The van der Waals surface area contributed by atoms with Crippen molar-refractivity contribution in [2.45, 2.75) is 6.54 Å². The van der Waals surface area contributed by atoms with Gasteiger partial charge in [-0.15, -0.1) is 0 Å². The van der Waals surface area contributed by atoms with Gasteiger partial charge in [-0.3, -0.25) is 9.10 Å². The zero-order valence-electron chi connectivity index (χ0n) is 20.4. The molecular formula is C28H23ClN2O6S. The summed E-state index contributed by atoms with van der Waals surface area (Å²) in [7, 11) is -1.69. The molecular weight excluding hydrogens is 528 g/mol. The van der Waals surface area contributed by atoms with Crippen molar-refractivity contribution in [2.24, 2.45) is 0 Å². The highest BCUT2D eigenvalue weighted by molar-refractivity contribution is 7.97. The molecule has 4 aromatic carbocycles. The molecule has 10 heteroatoms. The van der Waals surface area contributed by atoms with Gasteiger partial charge in [-0.2, -0.15) is 0 Å². The molecule has 0 radical (unpaired) electrons. The molecule has 38 heavy (non-hydrogen) atoms. The van der Waals surface area contributed by atoms with E-state index in [1.54, 1.807) is 36.4 Å². The third-order valence-corrected chi connectivity index (χ3v) is 8.33. The maximum Gasteiger partial charge on any atom is 0.273 e. The first-order chi connectivity index (χ1) is 18.2. The van der Waals surface area contributed by atoms with Crippen LogP contribution in [0.2, 0.25) is 5.02 Å². The van der Waals surface area contributed by atoms with Crippen LogP contribution in [0.1, 0.15) is 11.1 Å². The lowest BCUT2D eigenvalue weighted by molar-refractivity contribution is -0.112. The second-order valence-electron chi connectivity index (χ2n) is 8.52. The first-order valence-corrected chi connectivity index (χ1v) is 13.3. The summed E-state index contributed by atoms with van der Waals surface area (Å²) in [6.07, 6.45) is 0. The molecule has 0 fully saturated rings. The summed E-state index contributed by atoms with van der Waals surface area (Å²) >= 11 is 6.01. The van der Waals surface area contributed by atoms with E-state index < -0.39 is 26.6 Å². The number of fused-ring (bicyclic) bond motifs is 2. The Morgan fingerprint density at radius 3 is 2.32 bits per heavy atom. The van der Waals surface area contributed by atoms with Gasteiger partial charge in [-0.1, -0.05) is 60.1 Å². The first kappa shape index (κ1) is 25.4. The third-order valence-electron chi connectivity index (χ3n) is 6.27. The number of hydrogen-bond acceptors (Lipinski definition) is 6. The number of amides is 1. The fraction of sp³-hybridized carbons (Fsp3) is 0.107. The maximum atomic E-state index is 14.0. The third kappa shape index (κ3) is 4.40. The summed E-state index contributed by atoms with van der Waals surface area (Å²) in [5.41, 5.74) is 1.27. The van der Waals surface area contributed by atoms with E-state index in [1.165, 1.54) is 26.4 Å². The maximum absolute atomic E-state index is 14.0. The van der Waals surface area contributed by atoms with Crippen LogP contribution < -0.4 is 19.1 Å². The van der Waals surface area contributed by atoms with Crippen LogP contribution in [-0.4, -0.2) is 33.7 Å². The Kier molecular flexibility index (Phi) is 6.64. The highest BCUT2D eigenvalue weighted by atomic mass is 35.5. The Bertz CT molecular complexity index is 1700. The van der Waals surface area contributed by atoms with E-state index in [-0.39, 0.29) is 29.3 Å². The Balaban J connectivity index is 1.66. The lowest BCUT2D eigenvalue weighted by atomic mass is 10.1. The number of sulfonamides is 1. The molecule has 0 spiro atoms. The number of ether oxygens (including phenoxy) is 2. The zero-order valence-corrected chi connectivity index (χ0v) is 22.0. The number of nitrogens with one attached hydrogen (secondary N) is 1. The summed E-state index contributed by atoms with van der Waals surface area (Å²) in [6.45, 7) is -0.125. The van der Waals surface area contributed by atoms with E-state index in [1.807, 2.05) is 30.3 Å². The van der Waals surface area contributed by atoms with Crippen LogP contribution in [0.3, 0.4) is 0 Å². The van der Waals surface area contributed by atoms with Crippen molar-refractivity contribution in [1.29, 1.82) is 0 Å². The van der Waals surface area contributed by atoms with Crippen LogP contribution in [0, 0.1) is 0 Å². The average Bonchev–Trinajstić information content (AvgIpc) is 2.91. The number of anilines is 2. The van der Waals surface area contributed by atoms with Crippen molar-refractivity contribution in [3.8, 4) is 11.5 Å². The van der Waals surface area contributed by atoms with Crippen LogP contribution >= 0.6 is 11.6 Å². The van der Waals surface area contributed by atoms with E-state index in [0.717, 1.165) is 15.1 Å². The van der Waals surface area contributed by atoms with Gasteiger partial charge in [-0.25, -0.2) is 8.42 Å². The van der Waals surface area contributed by atoms with Gasteiger partial charge in [0.05, 0.1) is 26.5 Å². The van der Waals surface area contributed by atoms with Crippen molar-refractivity contribution in [2.75, 3.05) is 23.8 Å². The van der Waals surface area contributed by atoms with Crippen LogP contribution in [0.4, 0.5) is 11.4 Å². The van der Waals surface area contributed by atoms with Gasteiger partial charge >= 0.3 is 0 Å². The number of aliphatic hydroxyl groups is 1. The largest absolute Gasteiger partial charge is 0.506 e. The predicted octanol–water partition coefficient (Wildman–Crippen LogP) is 5.73. The molecule has 2 N–H and O–H groups in total. The standard InChI is InChI=1S/C28H23ClN2O6S/c1-36-24-14-21-23(15-25(24)37-2)31(16-17-10-12-19(29)13-11-17)38(34,35)27(26(21)32)28(33)30-22-9-5-7-18-6-3-4-8-20(18)22/h3-15,32H,16H2,1-2H3,(H,30,33). The molecule has 5 rings (SSSR count). The molecule has 8 nitrogen and oxygen atoms in total. The van der Waals surface area contributed by atoms with Gasteiger partial charge in [0.1, 0.15) is 0 Å². The SMILES string of the molecule is COc1cc2c(cc1OC)N(Cc1ccc(Cl)cc1)S(=O)(=O)C(C(=O)Nc1cccc3ccccc13)=C2O. The number of rotatable bonds is 6. The molecule has 194 valence electrons. The van der Waals surface area contributed by atoms with Crippen molar-refractivity contribution in [3.63, 3.8) is 0 Å². The van der Waals surface area contributed by atoms with Crippen LogP contribution in [0.15, 0.2) is 83.8 Å². The molecule has 4 aromatic rings. The number of benzene rings is 4. The van der Waals surface area contributed by atoms with Crippen molar-refractivity contribution in [1.82, 2.24) is 0 Å². The number of hydrogen-bond donors (Lipinski definition) is 2. The van der Waals surface area contributed by atoms with Crippen LogP contribution in [0.25, 0.3) is 16.5 Å². The van der Waals surface area contributed by atoms with E-state index in [4.69, 9.17) is 21.1 Å². The molecule has 1 heterocycles. The van der Waals surface area contributed by atoms with Crippen molar-refractivity contribution in [3.05, 3.63) is 99.9 Å². The fourth-order valence-electron chi connectivity index (χ4n) is 4.41. The minimum absolute atomic E-state index is 0.106. The van der Waals surface area contributed by atoms with Crippen molar-refractivity contribution >= 4 is 55.4 Å². The number of methoxy groups -OCH3 is 2. The Morgan fingerprint density at radius 2 is 1.61 bits per heavy atom. The highest BCUT2D eigenvalue weighted by Crippen LogP contribution is 2.45. The molecule has 1 aliphatic rings. The molecule has 0 bridgehead atoms. The lowest BCUT2D eigenvalue weighted by Gasteiger charge is -2.32. The minimum atomic E-state index is -4.53. The van der Waals surface area contributed by atoms with Gasteiger partial charge in [0, 0.05) is 27.7 Å². The summed E-state index contributed by atoms with van der Waals surface area (Å²) in [4.78, 5) is 12.8. The van der Waals surface area contributed by atoms with Gasteiger partial charge < -0.3 is 19.9 Å². The average molecular weight is 551 g/mol. The number of carbonyl (C=O) groups is 1. The zero-order chi connectivity index (χ0) is 27.0. The van der Waals surface area contributed by atoms with Gasteiger partial charge in [0.2, 0.25) is 0 Å². The Labute approximate surface area is 224 Å². The molecule has 0 unspecified atom stereocenters. The smallest absolute Gasteiger partial charge is 0.273 e. The van der Waals surface area contributed by atoms with Gasteiger partial charge in [0.15, 0.2) is 22.2 Å². The molecule has 0 aliphatic carbocycles. The van der Waals surface area contributed by atoms with Crippen molar-refractivity contribution < 1.29 is 27.8 Å². The molecule has 1 aliphatic heterocycles. The molecule has 0 atom stereocenters. The van der Waals surface area contributed by atoms with E-state index in [2.05, 4.69) is 5.32 Å². The fourth-order valence-corrected chi connectivity index (χ4v) is 6.13. The van der Waals surface area contributed by atoms with Gasteiger partial charge in [-0.05, 0) is 35.2 Å². The predicted molar refractivity (Wildman–Crippen MR) is 148 cm³/mol. The minimum Gasteiger partial charge on any atom is -0.506 e. The molecule has 0 saturated heterocycles. The van der Waals surface area contributed by atoms with Gasteiger partial charge in [0.25, 0.3) is 15.9 Å². The number of carbonyl (C=O) groups excluding carboxylic acids is 1. The topological polar surface area (TPSA) is 105 Å².